The van der Waals surface area contributed by atoms with Crippen molar-refractivity contribution in [2.45, 2.75) is 32.9 Å². The van der Waals surface area contributed by atoms with E-state index in [1.807, 2.05) is 12.1 Å². The van der Waals surface area contributed by atoms with Crippen LogP contribution < -0.4 is 10.1 Å². The van der Waals surface area contributed by atoms with Gasteiger partial charge in [0.15, 0.2) is 5.76 Å². The minimum Gasteiger partial charge on any atom is -0.486 e. The number of aryl methyl sites for hydroxylation is 1. The van der Waals surface area contributed by atoms with Gasteiger partial charge in [0.1, 0.15) is 23.9 Å². The third kappa shape index (κ3) is 4.76. The molecule has 1 aromatic carbocycles. The normalized spacial score (nSPS) is 10.6. The lowest BCUT2D eigenvalue weighted by Crippen LogP contribution is -2.21. The van der Waals surface area contributed by atoms with Crippen LogP contribution in [-0.2, 0) is 19.6 Å². The van der Waals surface area contributed by atoms with Gasteiger partial charge < -0.3 is 18.9 Å². The maximum atomic E-state index is 12.0. The molecule has 1 N–H and O–H groups in total. The van der Waals surface area contributed by atoms with Gasteiger partial charge in [-0.3, -0.25) is 4.79 Å². The summed E-state index contributed by atoms with van der Waals surface area (Å²) in [5.74, 6) is 2.03. The van der Waals surface area contributed by atoms with Crippen LogP contribution in [0.1, 0.15) is 41.0 Å². The van der Waals surface area contributed by atoms with E-state index in [0.29, 0.717) is 18.1 Å². The van der Waals surface area contributed by atoms with Crippen LogP contribution in [0.3, 0.4) is 0 Å². The lowest BCUT2D eigenvalue weighted by Gasteiger charge is -2.05. The monoisotopic (exact) mass is 339 g/mol. The van der Waals surface area contributed by atoms with E-state index < -0.39 is 0 Å². The molecule has 0 saturated carbocycles. The summed E-state index contributed by atoms with van der Waals surface area (Å²) in [4.78, 5) is 12.0. The SMILES string of the molecule is CCCc1ccc(OCc2ccc(C(=O)NCc3ccco3)o2)cc1. The van der Waals surface area contributed by atoms with Crippen LogP contribution in [0.4, 0.5) is 0 Å². The van der Waals surface area contributed by atoms with Crippen LogP contribution in [0.5, 0.6) is 5.75 Å². The minimum atomic E-state index is -0.286. The van der Waals surface area contributed by atoms with E-state index in [1.165, 1.54) is 5.56 Å². The van der Waals surface area contributed by atoms with Gasteiger partial charge in [0.05, 0.1) is 12.8 Å². The number of hydrogen-bond acceptors (Lipinski definition) is 4. The van der Waals surface area contributed by atoms with Crippen molar-refractivity contribution in [1.29, 1.82) is 0 Å². The molecule has 0 spiro atoms. The quantitative estimate of drug-likeness (QED) is 0.663. The predicted octanol–water partition coefficient (Wildman–Crippen LogP) is 4.33. The van der Waals surface area contributed by atoms with Gasteiger partial charge in [-0.05, 0) is 48.4 Å². The minimum absolute atomic E-state index is 0.253. The predicted molar refractivity (Wildman–Crippen MR) is 93.4 cm³/mol. The first-order valence-corrected chi connectivity index (χ1v) is 8.35. The lowest BCUT2D eigenvalue weighted by molar-refractivity contribution is 0.0916. The Hall–Kier alpha value is -2.95. The molecule has 0 aliphatic carbocycles. The van der Waals surface area contributed by atoms with E-state index in [0.717, 1.165) is 18.6 Å². The molecule has 0 bridgehead atoms. The second kappa shape index (κ2) is 8.24. The van der Waals surface area contributed by atoms with Crippen molar-refractivity contribution in [2.75, 3.05) is 0 Å². The van der Waals surface area contributed by atoms with Crippen LogP contribution in [0.25, 0.3) is 0 Å². The molecule has 1 amide bonds. The molecule has 5 nitrogen and oxygen atoms in total. The average molecular weight is 339 g/mol. The summed E-state index contributed by atoms with van der Waals surface area (Å²) < 4.78 is 16.4. The fourth-order valence-corrected chi connectivity index (χ4v) is 2.44. The second-order valence-electron chi connectivity index (χ2n) is 5.71. The molecule has 3 rings (SSSR count). The molecular formula is C20H21NO4. The highest BCUT2D eigenvalue weighted by molar-refractivity contribution is 5.91. The zero-order valence-corrected chi connectivity index (χ0v) is 14.2. The number of amides is 1. The van der Waals surface area contributed by atoms with Crippen LogP contribution >= 0.6 is 0 Å². The molecule has 0 unspecified atom stereocenters. The summed E-state index contributed by atoms with van der Waals surface area (Å²) in [5, 5.41) is 2.74. The lowest BCUT2D eigenvalue weighted by atomic mass is 10.1. The highest BCUT2D eigenvalue weighted by Gasteiger charge is 2.12. The topological polar surface area (TPSA) is 64.6 Å². The van der Waals surface area contributed by atoms with E-state index in [-0.39, 0.29) is 18.3 Å². The molecule has 0 radical (unpaired) electrons. The van der Waals surface area contributed by atoms with Crippen molar-refractivity contribution in [3.8, 4) is 5.75 Å². The molecule has 130 valence electrons. The van der Waals surface area contributed by atoms with Crippen LogP contribution in [0, 0.1) is 0 Å². The van der Waals surface area contributed by atoms with Crippen molar-refractivity contribution in [2.24, 2.45) is 0 Å². The Morgan fingerprint density at radius 3 is 2.64 bits per heavy atom. The Balaban J connectivity index is 1.50. The first-order valence-electron chi connectivity index (χ1n) is 8.35. The first-order chi connectivity index (χ1) is 12.2. The highest BCUT2D eigenvalue weighted by Crippen LogP contribution is 2.16. The maximum Gasteiger partial charge on any atom is 0.287 e. The Morgan fingerprint density at radius 2 is 1.92 bits per heavy atom. The number of furan rings is 2. The highest BCUT2D eigenvalue weighted by atomic mass is 16.5. The molecule has 3 aromatic rings. The number of nitrogens with one attached hydrogen (secondary N) is 1. The molecular weight excluding hydrogens is 318 g/mol. The largest absolute Gasteiger partial charge is 0.486 e. The smallest absolute Gasteiger partial charge is 0.287 e. The van der Waals surface area contributed by atoms with Gasteiger partial charge in [0.2, 0.25) is 0 Å². The van der Waals surface area contributed by atoms with Gasteiger partial charge in [0.25, 0.3) is 5.91 Å². The van der Waals surface area contributed by atoms with Crippen molar-refractivity contribution >= 4 is 5.91 Å². The fraction of sp³-hybridized carbons (Fsp3) is 0.250. The van der Waals surface area contributed by atoms with Crippen molar-refractivity contribution in [3.05, 3.63) is 77.6 Å². The number of hydrogen-bond donors (Lipinski definition) is 1. The number of carbonyl (C=O) groups is 1. The number of ether oxygens (including phenoxy) is 1. The molecule has 0 atom stereocenters. The van der Waals surface area contributed by atoms with E-state index >= 15 is 0 Å². The van der Waals surface area contributed by atoms with Crippen LogP contribution in [0.2, 0.25) is 0 Å². The molecule has 2 heterocycles. The van der Waals surface area contributed by atoms with E-state index in [2.05, 4.69) is 24.4 Å². The van der Waals surface area contributed by atoms with Gasteiger partial charge >= 0.3 is 0 Å². The summed E-state index contributed by atoms with van der Waals surface area (Å²) in [7, 11) is 0. The van der Waals surface area contributed by atoms with Gasteiger partial charge in [-0.25, -0.2) is 0 Å². The Bertz CT molecular complexity index is 787. The van der Waals surface area contributed by atoms with Gasteiger partial charge in [0, 0.05) is 0 Å². The van der Waals surface area contributed by atoms with Crippen molar-refractivity contribution < 1.29 is 18.4 Å². The molecule has 2 aromatic heterocycles. The van der Waals surface area contributed by atoms with E-state index in [1.54, 1.807) is 30.5 Å². The third-order valence-electron chi connectivity index (χ3n) is 3.73. The Morgan fingerprint density at radius 1 is 1.08 bits per heavy atom. The van der Waals surface area contributed by atoms with Crippen molar-refractivity contribution in [1.82, 2.24) is 5.32 Å². The zero-order chi connectivity index (χ0) is 17.5. The second-order valence-corrected chi connectivity index (χ2v) is 5.71. The molecule has 0 fully saturated rings. The summed E-state index contributed by atoms with van der Waals surface area (Å²) in [6.07, 6.45) is 3.75. The van der Waals surface area contributed by atoms with Gasteiger partial charge in [-0.2, -0.15) is 0 Å². The van der Waals surface area contributed by atoms with Crippen LogP contribution in [-0.4, -0.2) is 5.91 Å². The molecule has 5 heteroatoms. The maximum absolute atomic E-state index is 12.0. The molecule has 25 heavy (non-hydrogen) atoms. The number of rotatable bonds is 8. The first kappa shape index (κ1) is 16.9. The number of carbonyl (C=O) groups excluding carboxylic acids is 1. The summed E-state index contributed by atoms with van der Waals surface area (Å²) in [6.45, 7) is 2.75. The number of benzene rings is 1. The molecule has 0 aliphatic rings. The Kier molecular flexibility index (Phi) is 5.57. The van der Waals surface area contributed by atoms with E-state index in [9.17, 15) is 4.79 Å². The van der Waals surface area contributed by atoms with E-state index in [4.69, 9.17) is 13.6 Å². The summed E-state index contributed by atoms with van der Waals surface area (Å²) in [6, 6.07) is 15.0. The van der Waals surface area contributed by atoms with Gasteiger partial charge in [-0.1, -0.05) is 25.5 Å². The fourth-order valence-electron chi connectivity index (χ4n) is 2.44. The van der Waals surface area contributed by atoms with Crippen molar-refractivity contribution in [3.63, 3.8) is 0 Å². The zero-order valence-electron chi connectivity index (χ0n) is 14.2. The standard InChI is InChI=1S/C20H21NO4/c1-2-4-15-6-8-16(9-7-15)24-14-18-10-11-19(25-18)20(22)21-13-17-5-3-12-23-17/h3,5-12H,2,4,13-14H2,1H3,(H,21,22). The Labute approximate surface area is 146 Å². The summed E-state index contributed by atoms with van der Waals surface area (Å²) >= 11 is 0. The molecule has 0 saturated heterocycles. The van der Waals surface area contributed by atoms with Crippen LogP contribution in [0.15, 0.2) is 63.6 Å². The molecule has 0 aliphatic heterocycles. The third-order valence-corrected chi connectivity index (χ3v) is 3.73. The summed E-state index contributed by atoms with van der Waals surface area (Å²) in [5.41, 5.74) is 1.29. The van der Waals surface area contributed by atoms with Gasteiger partial charge in [-0.15, -0.1) is 0 Å². The average Bonchev–Trinajstić information content (AvgIpc) is 3.31.